The lowest BCUT2D eigenvalue weighted by molar-refractivity contribution is 0.475. The van der Waals surface area contributed by atoms with E-state index >= 15 is 0 Å². The number of nitrogens with one attached hydrogen (secondary N) is 1. The van der Waals surface area contributed by atoms with Crippen molar-refractivity contribution in [3.8, 4) is 17.6 Å². The van der Waals surface area contributed by atoms with Crippen molar-refractivity contribution in [1.82, 2.24) is 9.97 Å². The van der Waals surface area contributed by atoms with Gasteiger partial charge in [0.1, 0.15) is 22.7 Å². The summed E-state index contributed by atoms with van der Waals surface area (Å²) in [5.41, 5.74) is 0.898. The molecule has 3 rings (SSSR count). The van der Waals surface area contributed by atoms with Crippen LogP contribution in [-0.2, 0) is 0 Å². The lowest BCUT2D eigenvalue weighted by Gasteiger charge is -2.03. The molecule has 0 atom stereocenters. The molecular weight excluding hydrogens is 282 g/mol. The SMILES string of the molecule is Oc1ccc(C#CCCNc2ncnc3sccc23)cc1. The number of anilines is 1. The molecule has 1 aromatic carbocycles. The van der Waals surface area contributed by atoms with Gasteiger partial charge in [-0.25, -0.2) is 9.97 Å². The van der Waals surface area contributed by atoms with Gasteiger partial charge in [-0.2, -0.15) is 0 Å². The second-order valence-corrected chi connectivity index (χ2v) is 5.28. The second-order valence-electron chi connectivity index (χ2n) is 4.39. The number of aromatic nitrogens is 2. The molecule has 5 heteroatoms. The third-order valence-electron chi connectivity index (χ3n) is 2.90. The molecular formula is C16H13N3OS. The molecule has 0 saturated heterocycles. The molecule has 3 aromatic rings. The maximum absolute atomic E-state index is 9.19. The van der Waals surface area contributed by atoms with E-state index in [0.717, 1.165) is 34.6 Å². The molecule has 0 saturated carbocycles. The molecule has 0 bridgehead atoms. The highest BCUT2D eigenvalue weighted by molar-refractivity contribution is 7.16. The van der Waals surface area contributed by atoms with Crippen molar-refractivity contribution in [2.45, 2.75) is 6.42 Å². The van der Waals surface area contributed by atoms with Crippen LogP contribution >= 0.6 is 11.3 Å². The highest BCUT2D eigenvalue weighted by atomic mass is 32.1. The average Bonchev–Trinajstić information content (AvgIpc) is 2.98. The van der Waals surface area contributed by atoms with E-state index in [-0.39, 0.29) is 5.75 Å². The fourth-order valence-electron chi connectivity index (χ4n) is 1.88. The van der Waals surface area contributed by atoms with Gasteiger partial charge in [-0.05, 0) is 35.7 Å². The number of fused-ring (bicyclic) bond motifs is 1. The molecule has 0 aliphatic heterocycles. The summed E-state index contributed by atoms with van der Waals surface area (Å²) in [6, 6.07) is 8.89. The number of nitrogens with zero attached hydrogens (tertiary/aromatic N) is 2. The van der Waals surface area contributed by atoms with Gasteiger partial charge in [0, 0.05) is 18.5 Å². The molecule has 2 heterocycles. The quantitative estimate of drug-likeness (QED) is 0.575. The zero-order chi connectivity index (χ0) is 14.5. The second kappa shape index (κ2) is 6.25. The van der Waals surface area contributed by atoms with Gasteiger partial charge in [-0.15, -0.1) is 11.3 Å². The summed E-state index contributed by atoms with van der Waals surface area (Å²) in [5, 5.41) is 15.5. The monoisotopic (exact) mass is 295 g/mol. The average molecular weight is 295 g/mol. The zero-order valence-corrected chi connectivity index (χ0v) is 12.0. The molecule has 2 aromatic heterocycles. The third-order valence-corrected chi connectivity index (χ3v) is 3.72. The van der Waals surface area contributed by atoms with E-state index in [1.165, 1.54) is 0 Å². The maximum Gasteiger partial charge on any atom is 0.138 e. The van der Waals surface area contributed by atoms with Gasteiger partial charge in [-0.3, -0.25) is 0 Å². The molecule has 0 fully saturated rings. The van der Waals surface area contributed by atoms with E-state index in [1.807, 2.05) is 11.4 Å². The van der Waals surface area contributed by atoms with Crippen molar-refractivity contribution in [1.29, 1.82) is 0 Å². The summed E-state index contributed by atoms with van der Waals surface area (Å²) in [5.74, 6) is 7.27. The number of hydrogen-bond acceptors (Lipinski definition) is 5. The Morgan fingerprint density at radius 2 is 2.00 bits per heavy atom. The Bertz CT molecular complexity index is 799. The van der Waals surface area contributed by atoms with Crippen LogP contribution in [0.2, 0.25) is 0 Å². The first-order chi connectivity index (χ1) is 10.3. The maximum atomic E-state index is 9.19. The first-order valence-corrected chi connectivity index (χ1v) is 7.41. The minimum absolute atomic E-state index is 0.255. The Morgan fingerprint density at radius 1 is 1.14 bits per heavy atom. The van der Waals surface area contributed by atoms with Gasteiger partial charge in [0.15, 0.2) is 0 Å². The smallest absolute Gasteiger partial charge is 0.138 e. The molecule has 21 heavy (non-hydrogen) atoms. The van der Waals surface area contributed by atoms with Crippen LogP contribution in [0.15, 0.2) is 42.0 Å². The number of phenolic OH excluding ortho intramolecular Hbond substituents is 1. The van der Waals surface area contributed by atoms with Crippen LogP contribution in [0.5, 0.6) is 5.75 Å². The third kappa shape index (κ3) is 3.30. The van der Waals surface area contributed by atoms with Crippen LogP contribution in [0.3, 0.4) is 0 Å². The van der Waals surface area contributed by atoms with E-state index in [1.54, 1.807) is 41.9 Å². The summed E-state index contributed by atoms with van der Waals surface area (Å²) in [6.45, 7) is 0.729. The van der Waals surface area contributed by atoms with Crippen LogP contribution in [-0.4, -0.2) is 21.6 Å². The molecule has 0 spiro atoms. The lowest BCUT2D eigenvalue weighted by atomic mass is 10.2. The minimum atomic E-state index is 0.255. The largest absolute Gasteiger partial charge is 0.508 e. The Morgan fingerprint density at radius 3 is 2.86 bits per heavy atom. The van der Waals surface area contributed by atoms with Crippen LogP contribution in [0.25, 0.3) is 10.2 Å². The number of aromatic hydroxyl groups is 1. The summed E-state index contributed by atoms with van der Waals surface area (Å²) in [7, 11) is 0. The Labute approximate surface area is 126 Å². The van der Waals surface area contributed by atoms with Crippen LogP contribution < -0.4 is 5.32 Å². The van der Waals surface area contributed by atoms with E-state index in [9.17, 15) is 5.11 Å². The van der Waals surface area contributed by atoms with E-state index in [0.29, 0.717) is 0 Å². The Hall–Kier alpha value is -2.58. The number of hydrogen-bond donors (Lipinski definition) is 2. The topological polar surface area (TPSA) is 58.0 Å². The first kappa shape index (κ1) is 13.4. The van der Waals surface area contributed by atoms with Crippen LogP contribution in [0, 0.1) is 11.8 Å². The van der Waals surface area contributed by atoms with Gasteiger partial charge in [0.2, 0.25) is 0 Å². The summed E-state index contributed by atoms with van der Waals surface area (Å²) in [4.78, 5) is 9.45. The number of benzene rings is 1. The zero-order valence-electron chi connectivity index (χ0n) is 11.2. The van der Waals surface area contributed by atoms with Crippen molar-refractivity contribution < 1.29 is 5.11 Å². The Balaban J connectivity index is 1.57. The molecule has 104 valence electrons. The molecule has 2 N–H and O–H groups in total. The van der Waals surface area contributed by atoms with Crippen molar-refractivity contribution in [3.05, 3.63) is 47.6 Å². The summed E-state index contributed by atoms with van der Waals surface area (Å²) in [6.07, 6.45) is 2.29. The van der Waals surface area contributed by atoms with Gasteiger partial charge in [0.25, 0.3) is 0 Å². The fourth-order valence-corrected chi connectivity index (χ4v) is 2.62. The van der Waals surface area contributed by atoms with Crippen LogP contribution in [0.1, 0.15) is 12.0 Å². The fraction of sp³-hybridized carbons (Fsp3) is 0.125. The number of thiophene rings is 1. The number of rotatable bonds is 3. The van der Waals surface area contributed by atoms with Crippen molar-refractivity contribution in [3.63, 3.8) is 0 Å². The molecule has 0 radical (unpaired) electrons. The van der Waals surface area contributed by atoms with Gasteiger partial charge in [0.05, 0.1) is 5.39 Å². The van der Waals surface area contributed by atoms with E-state index in [2.05, 4.69) is 27.1 Å². The first-order valence-electron chi connectivity index (χ1n) is 6.53. The molecule has 0 aliphatic carbocycles. The van der Waals surface area contributed by atoms with Gasteiger partial charge >= 0.3 is 0 Å². The minimum Gasteiger partial charge on any atom is -0.508 e. The normalized spacial score (nSPS) is 10.1. The van der Waals surface area contributed by atoms with Crippen LogP contribution in [0.4, 0.5) is 5.82 Å². The summed E-state index contributed by atoms with van der Waals surface area (Å²) < 4.78 is 0. The van der Waals surface area contributed by atoms with Crippen molar-refractivity contribution >= 4 is 27.4 Å². The van der Waals surface area contributed by atoms with E-state index in [4.69, 9.17) is 0 Å². The van der Waals surface area contributed by atoms with Crippen molar-refractivity contribution in [2.24, 2.45) is 0 Å². The van der Waals surface area contributed by atoms with Gasteiger partial charge < -0.3 is 10.4 Å². The lowest BCUT2D eigenvalue weighted by Crippen LogP contribution is -2.02. The van der Waals surface area contributed by atoms with Crippen molar-refractivity contribution in [2.75, 3.05) is 11.9 Å². The molecule has 0 amide bonds. The molecule has 0 unspecified atom stereocenters. The standard InChI is InChI=1S/C16H13N3OS/c20-13-6-4-12(5-7-13)3-1-2-9-17-15-14-8-10-21-16(14)19-11-18-15/h4-8,10-11,20H,2,9H2,(H,17,18,19). The highest BCUT2D eigenvalue weighted by Crippen LogP contribution is 2.23. The predicted octanol–water partition coefficient (Wildman–Crippen LogP) is 3.25. The molecule has 0 aliphatic rings. The molecule has 4 nitrogen and oxygen atoms in total. The van der Waals surface area contributed by atoms with E-state index < -0.39 is 0 Å². The highest BCUT2D eigenvalue weighted by Gasteiger charge is 2.02. The number of phenols is 1. The predicted molar refractivity (Wildman–Crippen MR) is 85.5 cm³/mol. The Kier molecular flexibility index (Phi) is 3.99. The van der Waals surface area contributed by atoms with Gasteiger partial charge in [-0.1, -0.05) is 11.8 Å². The summed E-state index contributed by atoms with van der Waals surface area (Å²) >= 11 is 1.60.